The zero-order valence-corrected chi connectivity index (χ0v) is 20.0. The highest BCUT2D eigenvalue weighted by Crippen LogP contribution is 2.47. The zero-order valence-electron chi connectivity index (χ0n) is 20.0. The third-order valence-electron chi connectivity index (χ3n) is 7.67. The normalized spacial score (nSPS) is 18.7. The number of carboxylic acid groups (broad SMARTS) is 1. The Bertz CT molecular complexity index is 1180. The van der Waals surface area contributed by atoms with E-state index in [2.05, 4.69) is 34.7 Å². The fourth-order valence-corrected chi connectivity index (χ4v) is 5.82. The smallest absolute Gasteiger partial charge is 0.335 e. The topological polar surface area (TPSA) is 80.7 Å². The van der Waals surface area contributed by atoms with Gasteiger partial charge in [-0.25, -0.2) is 4.79 Å². The van der Waals surface area contributed by atoms with E-state index in [1.54, 1.807) is 6.07 Å². The number of aromatic carboxylic acids is 1. The van der Waals surface area contributed by atoms with Gasteiger partial charge in [0.1, 0.15) is 12.4 Å². The van der Waals surface area contributed by atoms with Gasteiger partial charge in [0.2, 0.25) is 0 Å². The Labute approximate surface area is 201 Å². The Balaban J connectivity index is 1.75. The molecule has 0 unspecified atom stereocenters. The lowest BCUT2D eigenvalue weighted by molar-refractivity contribution is 0.0697. The number of likely N-dealkylation sites (N-methyl/N-ethyl adjacent to an activating group) is 1. The Morgan fingerprint density at radius 3 is 2.74 bits per heavy atom. The van der Waals surface area contributed by atoms with Crippen molar-refractivity contribution in [2.75, 3.05) is 26.7 Å². The van der Waals surface area contributed by atoms with Crippen molar-refractivity contribution in [1.82, 2.24) is 9.47 Å². The number of benzene rings is 2. The molecule has 1 aromatic heterocycles. The van der Waals surface area contributed by atoms with Gasteiger partial charge >= 0.3 is 5.97 Å². The molecule has 1 aliphatic carbocycles. The lowest BCUT2D eigenvalue weighted by Crippen LogP contribution is -2.41. The van der Waals surface area contributed by atoms with Crippen LogP contribution in [0.25, 0.3) is 22.2 Å². The van der Waals surface area contributed by atoms with Crippen LogP contribution in [-0.4, -0.2) is 53.3 Å². The summed E-state index contributed by atoms with van der Waals surface area (Å²) < 4.78 is 8.80. The Kier molecular flexibility index (Phi) is 6.61. The van der Waals surface area contributed by atoms with Crippen LogP contribution in [0, 0.1) is 0 Å². The first-order valence-electron chi connectivity index (χ1n) is 12.6. The molecule has 3 N–H and O–H groups in total. The minimum atomic E-state index is -0.886. The van der Waals surface area contributed by atoms with E-state index in [1.165, 1.54) is 48.7 Å². The second-order valence-corrected chi connectivity index (χ2v) is 9.83. The molecule has 2 aliphatic rings. The fourth-order valence-electron chi connectivity index (χ4n) is 5.82. The first kappa shape index (κ1) is 22.9. The van der Waals surface area contributed by atoms with Crippen LogP contribution < -0.4 is 10.5 Å². The van der Waals surface area contributed by atoms with Crippen molar-refractivity contribution in [1.29, 1.82) is 0 Å². The van der Waals surface area contributed by atoms with E-state index in [9.17, 15) is 9.90 Å². The minimum absolute atomic E-state index is 0.155. The van der Waals surface area contributed by atoms with Crippen molar-refractivity contribution >= 4 is 16.9 Å². The van der Waals surface area contributed by atoms with Gasteiger partial charge in [-0.3, -0.25) is 4.90 Å². The molecule has 1 atom stereocenters. The number of para-hydroxylation sites is 1. The molecular formula is C28H35N3O3. The summed E-state index contributed by atoms with van der Waals surface area (Å²) in [6.45, 7) is 2.88. The molecule has 0 amide bonds. The molecule has 0 bridgehead atoms. The Morgan fingerprint density at radius 1 is 1.18 bits per heavy atom. The number of carboxylic acids is 1. The number of aromatic nitrogens is 1. The van der Waals surface area contributed by atoms with Gasteiger partial charge in [0.25, 0.3) is 0 Å². The molecule has 3 aromatic rings. The number of fused-ring (bicyclic) bond motifs is 5. The van der Waals surface area contributed by atoms with E-state index in [-0.39, 0.29) is 6.04 Å². The van der Waals surface area contributed by atoms with Crippen molar-refractivity contribution in [3.05, 3.63) is 53.6 Å². The molecule has 6 nitrogen and oxygen atoms in total. The van der Waals surface area contributed by atoms with Crippen molar-refractivity contribution in [3.8, 4) is 17.0 Å². The monoisotopic (exact) mass is 461 g/mol. The number of ether oxygens (including phenoxy) is 1. The van der Waals surface area contributed by atoms with Gasteiger partial charge in [-0.2, -0.15) is 0 Å². The van der Waals surface area contributed by atoms with Crippen LogP contribution in [0.15, 0.2) is 42.5 Å². The summed E-state index contributed by atoms with van der Waals surface area (Å²) in [6.07, 6.45) is 7.06. The van der Waals surface area contributed by atoms with Crippen LogP contribution in [0.1, 0.15) is 60.4 Å². The minimum Gasteiger partial charge on any atom is -0.491 e. The number of rotatable bonds is 6. The molecule has 6 heteroatoms. The first-order chi connectivity index (χ1) is 16.6. The fraction of sp³-hybridized carbons (Fsp3) is 0.464. The number of carbonyl (C=O) groups is 1. The van der Waals surface area contributed by atoms with Crippen molar-refractivity contribution in [3.63, 3.8) is 0 Å². The molecule has 1 fully saturated rings. The maximum atomic E-state index is 11.9. The molecule has 0 radical (unpaired) electrons. The highest BCUT2D eigenvalue weighted by Gasteiger charge is 2.31. The van der Waals surface area contributed by atoms with Crippen LogP contribution in [-0.2, 0) is 6.54 Å². The number of nitrogens with zero attached hydrogens (tertiary/aromatic N) is 2. The van der Waals surface area contributed by atoms with Crippen LogP contribution in [0.5, 0.6) is 5.75 Å². The van der Waals surface area contributed by atoms with E-state index in [1.807, 2.05) is 18.2 Å². The van der Waals surface area contributed by atoms with Crippen LogP contribution >= 0.6 is 0 Å². The highest BCUT2D eigenvalue weighted by molar-refractivity contribution is 5.98. The van der Waals surface area contributed by atoms with Crippen LogP contribution in [0.4, 0.5) is 0 Å². The summed E-state index contributed by atoms with van der Waals surface area (Å²) in [4.78, 5) is 14.2. The lowest BCUT2D eigenvalue weighted by atomic mass is 9.81. The van der Waals surface area contributed by atoms with E-state index in [0.29, 0.717) is 24.6 Å². The van der Waals surface area contributed by atoms with Crippen LogP contribution in [0.3, 0.4) is 0 Å². The van der Waals surface area contributed by atoms with E-state index >= 15 is 0 Å². The molecule has 34 heavy (non-hydrogen) atoms. The SMILES string of the molecule is CN(CCCN)[C@H]1COc2ccccc2-c2c(C3CCCCC3)c3ccc(C(=O)O)cc3n2C1. The largest absolute Gasteiger partial charge is 0.491 e. The molecule has 2 aromatic carbocycles. The zero-order chi connectivity index (χ0) is 23.7. The maximum absolute atomic E-state index is 11.9. The number of hydrogen-bond acceptors (Lipinski definition) is 4. The average Bonchev–Trinajstić information content (AvgIpc) is 3.16. The molecule has 0 spiro atoms. The molecule has 2 heterocycles. The Hall–Kier alpha value is -2.83. The number of nitrogens with two attached hydrogens (primary N) is 1. The van der Waals surface area contributed by atoms with Crippen molar-refractivity contribution in [2.24, 2.45) is 5.73 Å². The highest BCUT2D eigenvalue weighted by atomic mass is 16.5. The van der Waals surface area contributed by atoms with E-state index in [4.69, 9.17) is 10.5 Å². The summed E-state index contributed by atoms with van der Waals surface area (Å²) in [5.74, 6) is 0.492. The molecular weight excluding hydrogens is 426 g/mol. The number of hydrogen-bond donors (Lipinski definition) is 2. The maximum Gasteiger partial charge on any atom is 0.335 e. The predicted molar refractivity (Wildman–Crippen MR) is 136 cm³/mol. The third kappa shape index (κ3) is 4.21. The molecule has 1 aliphatic heterocycles. The summed E-state index contributed by atoms with van der Waals surface area (Å²) in [7, 11) is 2.13. The van der Waals surface area contributed by atoms with Gasteiger partial charge in [0.15, 0.2) is 0 Å². The Morgan fingerprint density at radius 2 is 1.97 bits per heavy atom. The quantitative estimate of drug-likeness (QED) is 0.534. The summed E-state index contributed by atoms with van der Waals surface area (Å²) in [6, 6.07) is 14.1. The molecule has 180 valence electrons. The standard InChI is InChI=1S/C28H35N3O3/c1-30(15-7-14-29)21-17-31-24-16-20(28(32)33)12-13-22(24)26(19-8-3-2-4-9-19)27(31)23-10-5-6-11-25(23)34-18-21/h5-6,10-13,16,19,21H,2-4,7-9,14-15,17-18,29H2,1H3,(H,32,33)/t21-/m1/s1. The van der Waals surface area contributed by atoms with Gasteiger partial charge in [0, 0.05) is 23.0 Å². The summed E-state index contributed by atoms with van der Waals surface area (Å²) in [5, 5.41) is 10.9. The van der Waals surface area contributed by atoms with E-state index in [0.717, 1.165) is 36.3 Å². The summed E-state index contributed by atoms with van der Waals surface area (Å²) in [5.41, 5.74) is 10.8. The van der Waals surface area contributed by atoms with Gasteiger partial charge in [-0.05, 0) is 75.1 Å². The predicted octanol–water partition coefficient (Wildman–Crippen LogP) is 5.10. The second-order valence-electron chi connectivity index (χ2n) is 9.83. The van der Waals surface area contributed by atoms with Gasteiger partial charge in [-0.15, -0.1) is 0 Å². The molecule has 0 saturated heterocycles. The second kappa shape index (κ2) is 9.80. The third-order valence-corrected chi connectivity index (χ3v) is 7.67. The van der Waals surface area contributed by atoms with Crippen molar-refractivity contribution < 1.29 is 14.6 Å². The average molecular weight is 462 g/mol. The van der Waals surface area contributed by atoms with Gasteiger partial charge < -0.3 is 20.1 Å². The molecule has 5 rings (SSSR count). The summed E-state index contributed by atoms with van der Waals surface area (Å²) >= 11 is 0. The first-order valence-corrected chi connectivity index (χ1v) is 12.6. The lowest BCUT2D eigenvalue weighted by Gasteiger charge is -2.32. The van der Waals surface area contributed by atoms with Gasteiger partial charge in [-0.1, -0.05) is 37.5 Å². The van der Waals surface area contributed by atoms with E-state index < -0.39 is 5.97 Å². The molecule has 1 saturated carbocycles. The van der Waals surface area contributed by atoms with Crippen molar-refractivity contribution in [2.45, 2.75) is 57.0 Å². The van der Waals surface area contributed by atoms with Crippen LogP contribution in [0.2, 0.25) is 0 Å². The van der Waals surface area contributed by atoms with Gasteiger partial charge in [0.05, 0.1) is 17.3 Å².